The third kappa shape index (κ3) is 3.59. The van der Waals surface area contributed by atoms with Gasteiger partial charge in [-0.25, -0.2) is 0 Å². The SMILES string of the molecule is O=C(CC1CC2CCC1C2)N1CCN(C(=O)c2ccc(Cl)cc2Cl)CC1. The van der Waals surface area contributed by atoms with Crippen LogP contribution in [0, 0.1) is 17.8 Å². The molecule has 3 atom stereocenters. The fraction of sp³-hybridized carbons (Fsp3) is 0.600. The Morgan fingerprint density at radius 2 is 1.73 bits per heavy atom. The van der Waals surface area contributed by atoms with Crippen molar-refractivity contribution < 1.29 is 9.59 Å². The molecule has 0 radical (unpaired) electrons. The van der Waals surface area contributed by atoms with Gasteiger partial charge < -0.3 is 9.80 Å². The zero-order valence-corrected chi connectivity index (χ0v) is 16.3. The quantitative estimate of drug-likeness (QED) is 0.773. The number of fused-ring (bicyclic) bond motifs is 2. The number of piperazine rings is 1. The standard InChI is InChI=1S/C20H24Cl2N2O2/c21-16-3-4-17(18(22)12-16)20(26)24-7-5-23(6-8-24)19(25)11-15-10-13-1-2-14(15)9-13/h3-4,12-15H,1-2,5-11H2. The van der Waals surface area contributed by atoms with Crippen molar-refractivity contribution in [1.82, 2.24) is 9.80 Å². The normalized spacial score (nSPS) is 27.8. The van der Waals surface area contributed by atoms with Gasteiger partial charge >= 0.3 is 0 Å². The number of hydrogen-bond donors (Lipinski definition) is 0. The van der Waals surface area contributed by atoms with Crippen LogP contribution in [0.2, 0.25) is 10.0 Å². The van der Waals surface area contributed by atoms with Gasteiger partial charge in [-0.05, 0) is 55.2 Å². The maximum absolute atomic E-state index is 12.7. The molecule has 1 aliphatic heterocycles. The first-order valence-corrected chi connectivity index (χ1v) is 10.3. The first-order chi connectivity index (χ1) is 12.5. The highest BCUT2D eigenvalue weighted by atomic mass is 35.5. The monoisotopic (exact) mass is 394 g/mol. The summed E-state index contributed by atoms with van der Waals surface area (Å²) in [5.74, 6) is 2.41. The topological polar surface area (TPSA) is 40.6 Å². The molecule has 3 aliphatic rings. The zero-order chi connectivity index (χ0) is 18.3. The second-order valence-electron chi connectivity index (χ2n) is 7.94. The van der Waals surface area contributed by atoms with E-state index in [0.717, 1.165) is 11.8 Å². The van der Waals surface area contributed by atoms with Gasteiger partial charge in [0.25, 0.3) is 5.91 Å². The van der Waals surface area contributed by atoms with Gasteiger partial charge in [-0.3, -0.25) is 9.59 Å². The van der Waals surface area contributed by atoms with Crippen molar-refractivity contribution in [2.24, 2.45) is 17.8 Å². The first kappa shape index (κ1) is 18.1. The number of carbonyl (C=O) groups excluding carboxylic acids is 2. The van der Waals surface area contributed by atoms with E-state index in [1.807, 2.05) is 4.90 Å². The average Bonchev–Trinajstić information content (AvgIpc) is 3.24. The second kappa shape index (κ2) is 7.40. The summed E-state index contributed by atoms with van der Waals surface area (Å²) in [4.78, 5) is 29.0. The van der Waals surface area contributed by atoms with Crippen molar-refractivity contribution in [3.05, 3.63) is 33.8 Å². The Hall–Kier alpha value is -1.26. The van der Waals surface area contributed by atoms with E-state index in [9.17, 15) is 9.59 Å². The van der Waals surface area contributed by atoms with Crippen LogP contribution in [-0.4, -0.2) is 47.8 Å². The Balaban J connectivity index is 1.30. The van der Waals surface area contributed by atoms with Crippen LogP contribution < -0.4 is 0 Å². The Bertz CT molecular complexity index is 716. The van der Waals surface area contributed by atoms with Gasteiger partial charge in [-0.1, -0.05) is 29.6 Å². The van der Waals surface area contributed by atoms with E-state index in [1.165, 1.54) is 25.7 Å². The van der Waals surface area contributed by atoms with Crippen LogP contribution in [-0.2, 0) is 4.79 Å². The molecular formula is C20H24Cl2N2O2. The summed E-state index contributed by atoms with van der Waals surface area (Å²) >= 11 is 12.1. The lowest BCUT2D eigenvalue weighted by molar-refractivity contribution is -0.134. The number of carbonyl (C=O) groups is 2. The van der Waals surface area contributed by atoms with Crippen LogP contribution >= 0.6 is 23.2 Å². The minimum atomic E-state index is -0.0909. The van der Waals surface area contributed by atoms with Crippen molar-refractivity contribution in [3.8, 4) is 0 Å². The first-order valence-electron chi connectivity index (χ1n) is 9.53. The fourth-order valence-corrected chi connectivity index (χ4v) is 5.46. The maximum atomic E-state index is 12.7. The molecule has 0 N–H and O–H groups in total. The third-order valence-electron chi connectivity index (χ3n) is 6.40. The van der Waals surface area contributed by atoms with Crippen LogP contribution in [0.15, 0.2) is 18.2 Å². The van der Waals surface area contributed by atoms with Gasteiger partial charge in [0.15, 0.2) is 0 Å². The molecule has 4 rings (SSSR count). The summed E-state index contributed by atoms with van der Waals surface area (Å²) in [6.07, 6.45) is 5.94. The van der Waals surface area contributed by atoms with Crippen LogP contribution in [0.1, 0.15) is 42.5 Å². The number of benzene rings is 1. The highest BCUT2D eigenvalue weighted by Crippen LogP contribution is 2.49. The predicted octanol–water partition coefficient (Wildman–Crippen LogP) is 4.10. The van der Waals surface area contributed by atoms with Crippen LogP contribution in [0.5, 0.6) is 0 Å². The Kier molecular flexibility index (Phi) is 5.15. The summed E-state index contributed by atoms with van der Waals surface area (Å²) in [6, 6.07) is 4.93. The van der Waals surface area contributed by atoms with Crippen molar-refractivity contribution >= 4 is 35.0 Å². The largest absolute Gasteiger partial charge is 0.339 e. The van der Waals surface area contributed by atoms with Crippen molar-refractivity contribution in [2.45, 2.75) is 32.1 Å². The number of nitrogens with zero attached hydrogens (tertiary/aromatic N) is 2. The van der Waals surface area contributed by atoms with E-state index < -0.39 is 0 Å². The molecule has 2 saturated carbocycles. The highest BCUT2D eigenvalue weighted by molar-refractivity contribution is 6.36. The lowest BCUT2D eigenvalue weighted by Gasteiger charge is -2.36. The van der Waals surface area contributed by atoms with Crippen molar-refractivity contribution in [2.75, 3.05) is 26.2 Å². The summed E-state index contributed by atoms with van der Waals surface area (Å²) in [6.45, 7) is 2.33. The molecule has 1 aromatic carbocycles. The summed E-state index contributed by atoms with van der Waals surface area (Å²) in [5, 5.41) is 0.889. The highest BCUT2D eigenvalue weighted by Gasteiger charge is 2.40. The molecule has 6 heteroatoms. The maximum Gasteiger partial charge on any atom is 0.255 e. The van der Waals surface area contributed by atoms with Crippen LogP contribution in [0.3, 0.4) is 0 Å². The molecule has 0 aromatic heterocycles. The minimum absolute atomic E-state index is 0.0909. The second-order valence-corrected chi connectivity index (χ2v) is 8.78. The zero-order valence-electron chi connectivity index (χ0n) is 14.8. The van der Waals surface area contributed by atoms with Gasteiger partial charge in [0.1, 0.15) is 0 Å². The Morgan fingerprint density at radius 1 is 1.00 bits per heavy atom. The molecular weight excluding hydrogens is 371 g/mol. The summed E-state index contributed by atoms with van der Waals surface area (Å²) < 4.78 is 0. The molecule has 1 saturated heterocycles. The van der Waals surface area contributed by atoms with Crippen LogP contribution in [0.4, 0.5) is 0 Å². The number of hydrogen-bond acceptors (Lipinski definition) is 2. The third-order valence-corrected chi connectivity index (χ3v) is 6.95. The van der Waals surface area contributed by atoms with Gasteiger partial charge in [0, 0.05) is 37.6 Å². The van der Waals surface area contributed by atoms with E-state index in [-0.39, 0.29) is 11.8 Å². The number of rotatable bonds is 3. The molecule has 4 nitrogen and oxygen atoms in total. The molecule has 1 heterocycles. The Morgan fingerprint density at radius 3 is 2.35 bits per heavy atom. The summed E-state index contributed by atoms with van der Waals surface area (Å²) in [7, 11) is 0. The molecule has 1 aromatic rings. The Labute approximate surface area is 164 Å². The van der Waals surface area contributed by atoms with E-state index in [4.69, 9.17) is 23.2 Å². The molecule has 2 aliphatic carbocycles. The molecule has 140 valence electrons. The van der Waals surface area contributed by atoms with Crippen molar-refractivity contribution in [1.29, 1.82) is 0 Å². The van der Waals surface area contributed by atoms with E-state index >= 15 is 0 Å². The van der Waals surface area contributed by atoms with Gasteiger partial charge in [0.05, 0.1) is 10.6 Å². The lowest BCUT2D eigenvalue weighted by atomic mass is 9.86. The molecule has 2 bridgehead atoms. The minimum Gasteiger partial charge on any atom is -0.339 e. The lowest BCUT2D eigenvalue weighted by Crippen LogP contribution is -2.51. The van der Waals surface area contributed by atoms with E-state index in [2.05, 4.69) is 0 Å². The van der Waals surface area contributed by atoms with Crippen LogP contribution in [0.25, 0.3) is 0 Å². The smallest absolute Gasteiger partial charge is 0.255 e. The molecule has 3 unspecified atom stereocenters. The van der Waals surface area contributed by atoms with E-state index in [1.54, 1.807) is 23.1 Å². The van der Waals surface area contributed by atoms with Gasteiger partial charge in [0.2, 0.25) is 5.91 Å². The predicted molar refractivity (Wildman–Crippen MR) is 103 cm³/mol. The summed E-state index contributed by atoms with van der Waals surface area (Å²) in [5.41, 5.74) is 0.470. The fourth-order valence-electron chi connectivity index (χ4n) is 4.97. The molecule has 2 amide bonds. The number of halogens is 2. The molecule has 0 spiro atoms. The number of amides is 2. The molecule has 3 fully saturated rings. The van der Waals surface area contributed by atoms with Gasteiger partial charge in [-0.15, -0.1) is 0 Å². The van der Waals surface area contributed by atoms with Crippen molar-refractivity contribution in [3.63, 3.8) is 0 Å². The van der Waals surface area contributed by atoms with E-state index in [0.29, 0.717) is 54.1 Å². The molecule has 26 heavy (non-hydrogen) atoms. The average molecular weight is 395 g/mol. The van der Waals surface area contributed by atoms with Gasteiger partial charge in [-0.2, -0.15) is 0 Å².